The van der Waals surface area contributed by atoms with Crippen molar-refractivity contribution in [3.63, 3.8) is 0 Å². The molecule has 0 fully saturated rings. The lowest BCUT2D eigenvalue weighted by Crippen LogP contribution is -2.35. The molecule has 0 spiro atoms. The Morgan fingerprint density at radius 3 is 2.03 bits per heavy atom. The zero-order valence-electron chi connectivity index (χ0n) is 19.2. The van der Waals surface area contributed by atoms with Crippen LogP contribution in [0, 0.1) is 0 Å². The van der Waals surface area contributed by atoms with Crippen molar-refractivity contribution in [3.8, 4) is 5.75 Å². The highest BCUT2D eigenvalue weighted by Gasteiger charge is 2.07. The molecule has 0 unspecified atom stereocenters. The molecule has 0 aliphatic rings. The predicted octanol–water partition coefficient (Wildman–Crippen LogP) is 6.70. The third-order valence-corrected chi connectivity index (χ3v) is 5.45. The van der Waals surface area contributed by atoms with Crippen molar-refractivity contribution < 1.29 is 10.2 Å². The van der Waals surface area contributed by atoms with E-state index in [2.05, 4.69) is 36.5 Å². The first-order valence-corrected chi connectivity index (χ1v) is 12.2. The van der Waals surface area contributed by atoms with E-state index in [0.29, 0.717) is 0 Å². The molecule has 30 heavy (non-hydrogen) atoms. The van der Waals surface area contributed by atoms with E-state index in [1.165, 1.54) is 64.2 Å². The van der Waals surface area contributed by atoms with Crippen molar-refractivity contribution in [2.75, 3.05) is 13.2 Å². The number of phenols is 1. The molecule has 1 atom stereocenters. The molecule has 1 aromatic rings. The van der Waals surface area contributed by atoms with Crippen molar-refractivity contribution in [3.05, 3.63) is 54.1 Å². The van der Waals surface area contributed by atoms with Gasteiger partial charge in [-0.1, -0.05) is 81.9 Å². The zero-order chi connectivity index (χ0) is 21.7. The van der Waals surface area contributed by atoms with Gasteiger partial charge in [-0.15, -0.1) is 0 Å². The number of unbranched alkanes of at least 4 members (excludes halogenated alkanes) is 9. The van der Waals surface area contributed by atoms with Gasteiger partial charge in [-0.05, 0) is 69.2 Å². The van der Waals surface area contributed by atoms with Crippen molar-refractivity contribution in [1.29, 1.82) is 0 Å². The number of benzene rings is 1. The third kappa shape index (κ3) is 15.3. The summed E-state index contributed by atoms with van der Waals surface area (Å²) in [6.45, 7) is 3.35. The van der Waals surface area contributed by atoms with Crippen LogP contribution >= 0.6 is 0 Å². The van der Waals surface area contributed by atoms with Crippen molar-refractivity contribution >= 4 is 0 Å². The summed E-state index contributed by atoms with van der Waals surface area (Å²) in [6, 6.07) is 7.33. The van der Waals surface area contributed by atoms with Crippen LogP contribution in [0.4, 0.5) is 0 Å². The number of phenolic OH excluding ortho intramolecular Hbond substituents is 1. The van der Waals surface area contributed by atoms with E-state index >= 15 is 0 Å². The van der Waals surface area contributed by atoms with E-state index in [4.69, 9.17) is 0 Å². The molecule has 0 saturated heterocycles. The summed E-state index contributed by atoms with van der Waals surface area (Å²) in [7, 11) is 0. The lowest BCUT2D eigenvalue weighted by atomic mass is 10.1. The number of aliphatic hydroxyl groups excluding tert-OH is 1. The van der Waals surface area contributed by atoms with Crippen LogP contribution in [0.1, 0.15) is 89.5 Å². The molecule has 0 bridgehead atoms. The van der Waals surface area contributed by atoms with Gasteiger partial charge >= 0.3 is 0 Å². The highest BCUT2D eigenvalue weighted by molar-refractivity contribution is 5.26. The van der Waals surface area contributed by atoms with Gasteiger partial charge in [0, 0.05) is 6.04 Å². The van der Waals surface area contributed by atoms with Gasteiger partial charge in [0.15, 0.2) is 0 Å². The fourth-order valence-corrected chi connectivity index (χ4v) is 3.54. The largest absolute Gasteiger partial charge is 0.508 e. The number of rotatable bonds is 19. The fraction of sp³-hybridized carbons (Fsp3) is 0.630. The number of aliphatic hydroxyl groups is 1. The number of nitrogens with one attached hydrogen (secondary N) is 1. The highest BCUT2D eigenvalue weighted by atomic mass is 16.3. The third-order valence-electron chi connectivity index (χ3n) is 5.45. The van der Waals surface area contributed by atoms with E-state index < -0.39 is 0 Å². The van der Waals surface area contributed by atoms with E-state index in [9.17, 15) is 10.2 Å². The Morgan fingerprint density at radius 2 is 1.40 bits per heavy atom. The van der Waals surface area contributed by atoms with Gasteiger partial charge in [-0.3, -0.25) is 0 Å². The summed E-state index contributed by atoms with van der Waals surface area (Å²) in [4.78, 5) is 0. The van der Waals surface area contributed by atoms with Gasteiger partial charge in [0.25, 0.3) is 0 Å². The van der Waals surface area contributed by atoms with Crippen LogP contribution in [0.2, 0.25) is 0 Å². The van der Waals surface area contributed by atoms with Crippen LogP contribution < -0.4 is 5.32 Å². The Balaban J connectivity index is 1.90. The van der Waals surface area contributed by atoms with Crippen LogP contribution in [0.25, 0.3) is 0 Å². The molecule has 0 aromatic heterocycles. The van der Waals surface area contributed by atoms with Gasteiger partial charge < -0.3 is 15.5 Å². The Kier molecular flexibility index (Phi) is 17.1. The second-order valence-corrected chi connectivity index (χ2v) is 8.29. The summed E-state index contributed by atoms with van der Waals surface area (Å²) in [6.07, 6.45) is 25.2. The molecule has 0 aliphatic heterocycles. The molecule has 1 rings (SSSR count). The van der Waals surface area contributed by atoms with Crippen LogP contribution in [-0.2, 0) is 6.42 Å². The van der Waals surface area contributed by atoms with Crippen LogP contribution in [0.3, 0.4) is 0 Å². The van der Waals surface area contributed by atoms with Gasteiger partial charge in [-0.25, -0.2) is 0 Å². The molecule has 170 valence electrons. The number of hydrogen-bond donors (Lipinski definition) is 3. The average Bonchev–Trinajstić information content (AvgIpc) is 2.76. The summed E-state index contributed by atoms with van der Waals surface area (Å²) in [5, 5.41) is 22.4. The van der Waals surface area contributed by atoms with Gasteiger partial charge in [0.05, 0.1) is 6.61 Å². The van der Waals surface area contributed by atoms with Crippen molar-refractivity contribution in [2.45, 2.75) is 96.4 Å². The molecule has 0 amide bonds. The van der Waals surface area contributed by atoms with Crippen molar-refractivity contribution in [2.24, 2.45) is 0 Å². The number of allylic oxidation sites excluding steroid dienone is 4. The van der Waals surface area contributed by atoms with Crippen LogP contribution in [0.15, 0.2) is 48.6 Å². The lowest BCUT2D eigenvalue weighted by molar-refractivity contribution is 0.241. The molecule has 0 heterocycles. The van der Waals surface area contributed by atoms with Crippen LogP contribution in [0.5, 0.6) is 5.75 Å². The zero-order valence-corrected chi connectivity index (χ0v) is 19.2. The topological polar surface area (TPSA) is 52.5 Å². The SMILES string of the molecule is CCCCC/C=C\C/C=C\CCCCCCCCN[C@H](CO)Cc1ccc(O)cc1. The quantitative estimate of drug-likeness (QED) is 0.174. The maximum atomic E-state index is 9.56. The smallest absolute Gasteiger partial charge is 0.115 e. The normalized spacial score (nSPS) is 12.9. The first-order valence-electron chi connectivity index (χ1n) is 12.2. The molecule has 0 aliphatic carbocycles. The number of hydrogen-bond acceptors (Lipinski definition) is 3. The molecule has 3 heteroatoms. The molecule has 0 radical (unpaired) electrons. The maximum Gasteiger partial charge on any atom is 0.115 e. The summed E-state index contributed by atoms with van der Waals surface area (Å²) >= 11 is 0. The van der Waals surface area contributed by atoms with Gasteiger partial charge in [-0.2, -0.15) is 0 Å². The Morgan fingerprint density at radius 1 is 0.800 bits per heavy atom. The van der Waals surface area contributed by atoms with Gasteiger partial charge in [0.1, 0.15) is 5.75 Å². The summed E-state index contributed by atoms with van der Waals surface area (Å²) < 4.78 is 0. The highest BCUT2D eigenvalue weighted by Crippen LogP contribution is 2.12. The molecular weight excluding hydrogens is 370 g/mol. The van der Waals surface area contributed by atoms with E-state index in [-0.39, 0.29) is 18.4 Å². The molecular formula is C27H45NO2. The standard InChI is InChI=1S/C27H45NO2/c1-2-3-4-5-6-7-8-9-10-11-12-13-14-15-16-17-22-28-26(24-29)23-25-18-20-27(30)21-19-25/h6-7,9-10,18-21,26,28-30H,2-5,8,11-17,22-24H2,1H3/b7-6-,10-9-/t26-/m0/s1. The monoisotopic (exact) mass is 415 g/mol. The van der Waals surface area contributed by atoms with Crippen molar-refractivity contribution in [1.82, 2.24) is 5.32 Å². The Hall–Kier alpha value is -1.58. The fourth-order valence-electron chi connectivity index (χ4n) is 3.54. The molecule has 0 saturated carbocycles. The minimum Gasteiger partial charge on any atom is -0.508 e. The molecule has 1 aromatic carbocycles. The second-order valence-electron chi connectivity index (χ2n) is 8.29. The molecule has 3 N–H and O–H groups in total. The average molecular weight is 416 g/mol. The minimum atomic E-state index is 0.0903. The second kappa shape index (κ2) is 19.4. The van der Waals surface area contributed by atoms with E-state index in [1.807, 2.05) is 12.1 Å². The van der Waals surface area contributed by atoms with Gasteiger partial charge in [0.2, 0.25) is 0 Å². The predicted molar refractivity (Wildman–Crippen MR) is 130 cm³/mol. The summed E-state index contributed by atoms with van der Waals surface area (Å²) in [5.41, 5.74) is 1.14. The Bertz CT molecular complexity index is 550. The van der Waals surface area contributed by atoms with Crippen LogP contribution in [-0.4, -0.2) is 29.4 Å². The van der Waals surface area contributed by atoms with E-state index in [1.54, 1.807) is 12.1 Å². The number of aromatic hydroxyl groups is 1. The Labute approximate surface area is 185 Å². The first-order chi connectivity index (χ1) is 14.8. The maximum absolute atomic E-state index is 9.56. The minimum absolute atomic E-state index is 0.0903. The van der Waals surface area contributed by atoms with E-state index in [0.717, 1.165) is 31.4 Å². The molecule has 3 nitrogen and oxygen atoms in total. The lowest BCUT2D eigenvalue weighted by Gasteiger charge is -2.16. The first kappa shape index (κ1) is 26.5. The summed E-state index contributed by atoms with van der Waals surface area (Å²) in [5.74, 6) is 0.286.